The Morgan fingerprint density at radius 3 is 1.31 bits per heavy atom. The fraction of sp³-hybridized carbons (Fsp3) is 0.273. The molecule has 2 N–H and O–H groups in total. The van der Waals surface area contributed by atoms with Crippen LogP contribution in [0.3, 0.4) is 0 Å². The van der Waals surface area contributed by atoms with Crippen molar-refractivity contribution in [1.82, 2.24) is 19.9 Å². The molecule has 10 heteroatoms. The number of rotatable bonds is 12. The van der Waals surface area contributed by atoms with Crippen molar-refractivity contribution in [2.75, 3.05) is 68.6 Å². The molecule has 7 rings (SSSR count). The average Bonchev–Trinajstić information content (AvgIpc) is 3.93. The van der Waals surface area contributed by atoms with Crippen molar-refractivity contribution < 1.29 is 43.3 Å². The zero-order valence-corrected chi connectivity index (χ0v) is 33.5. The third kappa shape index (κ3) is 10.2. The molecular weight excluding hydrogens is 715 g/mol. The Balaban J connectivity index is 0.00000280. The van der Waals surface area contributed by atoms with Crippen molar-refractivity contribution in [2.24, 2.45) is 0 Å². The standard InChI is InChI=1S/C44H50N6O2.2ClH/c1-49(2,3)25-7-27-51-37-17-9-31(10-18-37)43-39-21-13-33(45-39)29-35-15-23-41(47-35)44(42-24-16-36(48-42)30-34-14-22-40(43)46-34)32-11-19-38(20-12-32)52-28-8-26-50(4,5)6;;/h9-24,29-30,45-46H,7-8,25-28H2,1-6H3;2*1H/q+2;;/p-2. The number of hydrogen-bond acceptors (Lipinski definition) is 4. The summed E-state index contributed by atoms with van der Waals surface area (Å²) in [5, 5.41) is 0. The number of benzene rings is 2. The fourth-order valence-electron chi connectivity index (χ4n) is 6.57. The Morgan fingerprint density at radius 1 is 0.500 bits per heavy atom. The van der Waals surface area contributed by atoms with Crippen molar-refractivity contribution in [3.05, 3.63) is 108 Å². The molecule has 0 amide bonds. The lowest BCUT2D eigenvalue weighted by atomic mass is 10.0. The summed E-state index contributed by atoms with van der Waals surface area (Å²) in [5.74, 6) is 1.74. The maximum absolute atomic E-state index is 6.09. The molecule has 2 aliphatic rings. The smallest absolute Gasteiger partial charge is 0.119 e. The van der Waals surface area contributed by atoms with Crippen LogP contribution in [0.1, 0.15) is 35.6 Å². The van der Waals surface area contributed by atoms with Gasteiger partial charge in [-0.1, -0.05) is 24.3 Å². The summed E-state index contributed by atoms with van der Waals surface area (Å²) < 4.78 is 14.0. The van der Waals surface area contributed by atoms with E-state index in [2.05, 4.69) is 149 Å². The van der Waals surface area contributed by atoms with Gasteiger partial charge >= 0.3 is 0 Å². The minimum absolute atomic E-state index is 0. The summed E-state index contributed by atoms with van der Waals surface area (Å²) in [4.78, 5) is 17.5. The zero-order chi connectivity index (χ0) is 36.3. The highest BCUT2D eigenvalue weighted by Gasteiger charge is 2.15. The largest absolute Gasteiger partial charge is 1.00 e. The third-order valence-corrected chi connectivity index (χ3v) is 9.17. The maximum atomic E-state index is 6.09. The normalized spacial score (nSPS) is 12.3. The van der Waals surface area contributed by atoms with E-state index in [9.17, 15) is 0 Å². The fourth-order valence-corrected chi connectivity index (χ4v) is 6.57. The van der Waals surface area contributed by atoms with Crippen LogP contribution in [-0.4, -0.2) is 97.5 Å². The maximum Gasteiger partial charge on any atom is 0.119 e. The van der Waals surface area contributed by atoms with E-state index in [1.54, 1.807) is 0 Å². The van der Waals surface area contributed by atoms with Gasteiger partial charge in [0.05, 0.1) is 91.4 Å². The lowest BCUT2D eigenvalue weighted by Gasteiger charge is -2.23. The molecule has 2 aliphatic heterocycles. The Kier molecular flexibility index (Phi) is 12.8. The lowest BCUT2D eigenvalue weighted by molar-refractivity contribution is -0.870. The van der Waals surface area contributed by atoms with Crippen LogP contribution >= 0.6 is 0 Å². The molecule has 0 unspecified atom stereocenters. The first-order chi connectivity index (χ1) is 25.0. The SMILES string of the molecule is C[N+](C)(C)CCCOc1ccc(-c2c3nc(cc4ccc([nH]4)c(-c4ccc(OCCC[N+](C)(C)C)cc4)c4ccc(cc5nc2C=C5)[nH]4)C=C3)cc1.[Cl-].[Cl-]. The molecule has 0 atom stereocenters. The van der Waals surface area contributed by atoms with Gasteiger partial charge in [-0.25, -0.2) is 9.97 Å². The molecule has 0 spiro atoms. The second-order valence-electron chi connectivity index (χ2n) is 15.7. The highest BCUT2D eigenvalue weighted by Crippen LogP contribution is 2.33. The van der Waals surface area contributed by atoms with Crippen LogP contribution in [0, 0.1) is 0 Å². The second-order valence-corrected chi connectivity index (χ2v) is 15.7. The monoisotopic (exact) mass is 764 g/mol. The molecule has 0 aliphatic carbocycles. The highest BCUT2D eigenvalue weighted by molar-refractivity contribution is 5.94. The number of hydrogen-bond donors (Lipinski definition) is 2. The highest BCUT2D eigenvalue weighted by atomic mass is 35.5. The summed E-state index contributed by atoms with van der Waals surface area (Å²) >= 11 is 0. The van der Waals surface area contributed by atoms with Gasteiger partial charge in [0.1, 0.15) is 11.5 Å². The number of nitrogens with zero attached hydrogens (tertiary/aromatic N) is 4. The molecular formula is C44H50Cl2N6O2. The van der Waals surface area contributed by atoms with Gasteiger partial charge in [-0.05, 0) is 96.1 Å². The van der Waals surface area contributed by atoms with Crippen molar-refractivity contribution in [1.29, 1.82) is 0 Å². The molecule has 3 aromatic heterocycles. The van der Waals surface area contributed by atoms with E-state index in [4.69, 9.17) is 19.4 Å². The Labute approximate surface area is 331 Å². The number of H-pyrrole nitrogens is 2. The molecule has 5 heterocycles. The van der Waals surface area contributed by atoms with E-state index in [0.29, 0.717) is 13.2 Å². The number of halogens is 2. The first-order valence-corrected chi connectivity index (χ1v) is 18.1. The van der Waals surface area contributed by atoms with Crippen LogP contribution in [-0.2, 0) is 0 Å². The first-order valence-electron chi connectivity index (χ1n) is 18.1. The quantitative estimate of drug-likeness (QED) is 0.148. The molecule has 54 heavy (non-hydrogen) atoms. The molecule has 0 saturated heterocycles. The minimum Gasteiger partial charge on any atom is -1.00 e. The van der Waals surface area contributed by atoms with Gasteiger partial charge in [0, 0.05) is 46.0 Å². The molecule has 5 aromatic rings. The van der Waals surface area contributed by atoms with Gasteiger partial charge in [0.15, 0.2) is 0 Å². The van der Waals surface area contributed by atoms with Crippen LogP contribution in [0.25, 0.3) is 68.6 Å². The topological polar surface area (TPSA) is 75.8 Å². The summed E-state index contributed by atoms with van der Waals surface area (Å²) in [5.41, 5.74) is 11.7. The van der Waals surface area contributed by atoms with Crippen LogP contribution < -0.4 is 34.3 Å². The lowest BCUT2D eigenvalue weighted by Crippen LogP contribution is -3.00. The van der Waals surface area contributed by atoms with Gasteiger partial charge in [0.25, 0.3) is 0 Å². The molecule has 2 aromatic carbocycles. The zero-order valence-electron chi connectivity index (χ0n) is 32.0. The Morgan fingerprint density at radius 2 is 0.907 bits per heavy atom. The van der Waals surface area contributed by atoms with Gasteiger partial charge in [0.2, 0.25) is 0 Å². The van der Waals surface area contributed by atoms with Gasteiger partial charge in [-0.3, -0.25) is 0 Å². The number of nitrogens with one attached hydrogen (secondary N) is 2. The molecule has 282 valence electrons. The molecule has 8 bridgehead atoms. The van der Waals surface area contributed by atoms with E-state index in [-0.39, 0.29) is 24.8 Å². The van der Waals surface area contributed by atoms with Crippen molar-refractivity contribution in [3.63, 3.8) is 0 Å². The van der Waals surface area contributed by atoms with Crippen LogP contribution in [0.15, 0.2) is 84.9 Å². The Hall–Kier alpha value is -4.86. The number of fused-ring (bicyclic) bond motifs is 8. The van der Waals surface area contributed by atoms with E-state index in [1.165, 1.54) is 0 Å². The van der Waals surface area contributed by atoms with Gasteiger partial charge in [-0.15, -0.1) is 0 Å². The van der Waals surface area contributed by atoms with Crippen molar-refractivity contribution >= 4 is 46.4 Å². The summed E-state index contributed by atoms with van der Waals surface area (Å²) in [6.07, 6.45) is 10.3. The van der Waals surface area contributed by atoms with Crippen molar-refractivity contribution in [3.8, 4) is 33.8 Å². The van der Waals surface area contributed by atoms with E-state index < -0.39 is 0 Å². The molecule has 0 radical (unpaired) electrons. The second kappa shape index (κ2) is 17.1. The number of ether oxygens (including phenoxy) is 2. The number of quaternary nitrogens is 2. The number of aromatic nitrogens is 4. The van der Waals surface area contributed by atoms with Crippen LogP contribution in [0.2, 0.25) is 0 Å². The predicted octanol–water partition coefficient (Wildman–Crippen LogP) is 2.95. The van der Waals surface area contributed by atoms with E-state index in [1.807, 2.05) is 12.1 Å². The van der Waals surface area contributed by atoms with Crippen LogP contribution in [0.5, 0.6) is 11.5 Å². The summed E-state index contributed by atoms with van der Waals surface area (Å²) in [7, 11) is 13.2. The minimum atomic E-state index is 0. The molecule has 8 nitrogen and oxygen atoms in total. The number of aromatic amines is 2. The van der Waals surface area contributed by atoms with Gasteiger partial charge < -0.3 is 53.2 Å². The summed E-state index contributed by atoms with van der Waals surface area (Å²) in [6.45, 7) is 3.52. The van der Waals surface area contributed by atoms with E-state index in [0.717, 1.165) is 113 Å². The first kappa shape index (κ1) is 40.3. The predicted molar refractivity (Wildman–Crippen MR) is 216 cm³/mol. The average molecular weight is 766 g/mol. The molecule has 0 fully saturated rings. The Bertz CT molecular complexity index is 2180. The van der Waals surface area contributed by atoms with Crippen LogP contribution in [0.4, 0.5) is 0 Å². The summed E-state index contributed by atoms with van der Waals surface area (Å²) in [6, 6.07) is 29.4. The van der Waals surface area contributed by atoms with Gasteiger partial charge in [-0.2, -0.15) is 0 Å². The third-order valence-electron chi connectivity index (χ3n) is 9.17. The van der Waals surface area contributed by atoms with Crippen molar-refractivity contribution in [2.45, 2.75) is 12.8 Å². The molecule has 0 saturated carbocycles. The van der Waals surface area contributed by atoms with E-state index >= 15 is 0 Å².